The minimum Gasteiger partial charge on any atom is -0.353 e. The van der Waals surface area contributed by atoms with Gasteiger partial charge in [-0.3, -0.25) is 0 Å². The number of anilines is 6. The molecule has 14 heteroatoms. The number of aryl methyl sites for hydroxylation is 2. The fraction of sp³-hybridized carbons (Fsp3) is 0.259. The van der Waals surface area contributed by atoms with Gasteiger partial charge in [-0.1, -0.05) is 23.8 Å². The second-order valence-electron chi connectivity index (χ2n) is 9.68. The zero-order valence-corrected chi connectivity index (χ0v) is 22.3. The second-order valence-corrected chi connectivity index (χ2v) is 9.68. The van der Waals surface area contributed by atoms with Crippen molar-refractivity contribution in [3.63, 3.8) is 0 Å². The van der Waals surface area contributed by atoms with E-state index in [0.717, 1.165) is 34.9 Å². The Balaban J connectivity index is 1.27. The van der Waals surface area contributed by atoms with Gasteiger partial charge in [-0.25, -0.2) is 4.98 Å². The van der Waals surface area contributed by atoms with Gasteiger partial charge < -0.3 is 20.4 Å². The zero-order chi connectivity index (χ0) is 28.6. The monoisotopic (exact) mass is 561 g/mol. The molecule has 1 fully saturated rings. The summed E-state index contributed by atoms with van der Waals surface area (Å²) >= 11 is 0. The molecule has 5 aromatic rings. The van der Waals surface area contributed by atoms with E-state index in [4.69, 9.17) is 0 Å². The van der Waals surface area contributed by atoms with Crippen molar-refractivity contribution >= 4 is 40.8 Å². The maximum absolute atomic E-state index is 13.3. The van der Waals surface area contributed by atoms with Crippen molar-refractivity contribution in [3.05, 3.63) is 77.7 Å². The predicted molar refractivity (Wildman–Crippen MR) is 149 cm³/mol. The van der Waals surface area contributed by atoms with Gasteiger partial charge in [0.25, 0.3) is 5.78 Å². The predicted octanol–water partition coefficient (Wildman–Crippen LogP) is 4.76. The zero-order valence-electron chi connectivity index (χ0n) is 22.3. The maximum atomic E-state index is 13.3. The molecule has 0 amide bonds. The van der Waals surface area contributed by atoms with Crippen molar-refractivity contribution in [2.45, 2.75) is 20.0 Å². The number of piperazine rings is 1. The Morgan fingerprint density at radius 3 is 2.15 bits per heavy atom. The molecule has 1 aliphatic rings. The minimum atomic E-state index is -4.47. The van der Waals surface area contributed by atoms with E-state index in [2.05, 4.69) is 45.6 Å². The van der Waals surface area contributed by atoms with Crippen LogP contribution in [0.4, 0.5) is 48.2 Å². The standard InChI is InChI=1S/C27H26F3N11/c1-17-6-8-20(9-7-17)34-23-36-24(35-21-5-3-4-19(15-21)27(28,29)30)38-26(37-23)40-12-10-39(11-13-40)22-14-18(2)33-25-31-16-32-41(22)25/h3-9,14-16H,10-13H2,1-2H3,(H2,34,35,36,37,38). The number of benzene rings is 2. The van der Waals surface area contributed by atoms with Crippen LogP contribution in [0.15, 0.2) is 60.9 Å². The lowest BCUT2D eigenvalue weighted by atomic mass is 10.2. The quantitative estimate of drug-likeness (QED) is 0.301. The highest BCUT2D eigenvalue weighted by Gasteiger charge is 2.30. The summed E-state index contributed by atoms with van der Waals surface area (Å²) in [7, 11) is 0. The molecule has 1 aliphatic heterocycles. The molecule has 0 spiro atoms. The van der Waals surface area contributed by atoms with Crippen LogP contribution in [-0.4, -0.2) is 60.7 Å². The first kappa shape index (κ1) is 26.2. The molecule has 6 rings (SSSR count). The number of nitrogens with one attached hydrogen (secondary N) is 2. The van der Waals surface area contributed by atoms with Gasteiger partial charge in [0, 0.05) is 49.3 Å². The van der Waals surface area contributed by atoms with Gasteiger partial charge in [0.15, 0.2) is 0 Å². The summed E-state index contributed by atoms with van der Waals surface area (Å²) in [4.78, 5) is 26.5. The number of alkyl halides is 3. The third-order valence-electron chi connectivity index (χ3n) is 6.62. The number of aromatic nitrogens is 7. The number of hydrogen-bond acceptors (Lipinski definition) is 10. The number of nitrogens with zero attached hydrogens (tertiary/aromatic N) is 9. The Morgan fingerprint density at radius 2 is 1.44 bits per heavy atom. The summed E-state index contributed by atoms with van der Waals surface area (Å²) in [5.41, 5.74) is 2.17. The van der Waals surface area contributed by atoms with Crippen molar-refractivity contribution < 1.29 is 13.2 Å². The summed E-state index contributed by atoms with van der Waals surface area (Å²) in [6.07, 6.45) is -2.99. The van der Waals surface area contributed by atoms with Crippen molar-refractivity contribution in [2.24, 2.45) is 0 Å². The second kappa shape index (κ2) is 10.5. The van der Waals surface area contributed by atoms with Crippen molar-refractivity contribution in [3.8, 4) is 0 Å². The minimum absolute atomic E-state index is 0.125. The van der Waals surface area contributed by atoms with Crippen molar-refractivity contribution in [1.82, 2.24) is 34.5 Å². The van der Waals surface area contributed by atoms with E-state index < -0.39 is 11.7 Å². The first-order chi connectivity index (χ1) is 19.7. The molecule has 0 radical (unpaired) electrons. The van der Waals surface area contributed by atoms with Crippen LogP contribution >= 0.6 is 0 Å². The molecule has 0 atom stereocenters. The van der Waals surface area contributed by atoms with Crippen molar-refractivity contribution in [1.29, 1.82) is 0 Å². The summed E-state index contributed by atoms with van der Waals surface area (Å²) in [6.45, 7) is 6.40. The normalized spacial score (nSPS) is 14.0. The Bertz CT molecular complexity index is 1680. The van der Waals surface area contributed by atoms with Crippen LogP contribution in [0.5, 0.6) is 0 Å². The number of rotatable bonds is 6. The average molecular weight is 562 g/mol. The lowest BCUT2D eigenvalue weighted by molar-refractivity contribution is -0.137. The molecule has 0 bridgehead atoms. The van der Waals surface area contributed by atoms with E-state index in [1.54, 1.807) is 4.52 Å². The van der Waals surface area contributed by atoms with Crippen molar-refractivity contribution in [2.75, 3.05) is 46.6 Å². The first-order valence-electron chi connectivity index (χ1n) is 12.9. The van der Waals surface area contributed by atoms with Gasteiger partial charge in [0.05, 0.1) is 5.56 Å². The number of hydrogen-bond donors (Lipinski definition) is 2. The average Bonchev–Trinajstić information content (AvgIpc) is 3.42. The molecule has 0 saturated carbocycles. The molecule has 210 valence electrons. The van der Waals surface area contributed by atoms with E-state index in [0.29, 0.717) is 37.9 Å². The third-order valence-corrected chi connectivity index (χ3v) is 6.62. The van der Waals surface area contributed by atoms with Crippen LogP contribution in [0.3, 0.4) is 0 Å². The molecule has 11 nitrogen and oxygen atoms in total. The largest absolute Gasteiger partial charge is 0.416 e. The number of halogens is 3. The van der Waals surface area contributed by atoms with Gasteiger partial charge in [-0.15, -0.1) is 0 Å². The highest BCUT2D eigenvalue weighted by molar-refractivity contribution is 5.60. The van der Waals surface area contributed by atoms with E-state index >= 15 is 0 Å². The fourth-order valence-corrected chi connectivity index (χ4v) is 4.56. The van der Waals surface area contributed by atoms with E-state index in [-0.39, 0.29) is 17.6 Å². The van der Waals surface area contributed by atoms with Gasteiger partial charge in [-0.05, 0) is 44.2 Å². The highest BCUT2D eigenvalue weighted by Crippen LogP contribution is 2.31. The van der Waals surface area contributed by atoms with E-state index in [1.807, 2.05) is 49.1 Å². The lowest BCUT2D eigenvalue weighted by Gasteiger charge is -2.36. The SMILES string of the molecule is Cc1ccc(Nc2nc(Nc3cccc(C(F)(F)F)c3)nc(N3CCN(c4cc(C)nc5ncnn45)CC3)n2)cc1. The summed E-state index contributed by atoms with van der Waals surface area (Å²) in [5, 5.41) is 10.4. The fourth-order valence-electron chi connectivity index (χ4n) is 4.56. The molecule has 2 aromatic carbocycles. The molecule has 41 heavy (non-hydrogen) atoms. The lowest BCUT2D eigenvalue weighted by Crippen LogP contribution is -2.47. The Labute approximate surface area is 233 Å². The Hall–Kier alpha value is -5.01. The molecular weight excluding hydrogens is 535 g/mol. The van der Waals surface area contributed by atoms with Crippen LogP contribution in [0.1, 0.15) is 16.8 Å². The summed E-state index contributed by atoms with van der Waals surface area (Å²) in [5.74, 6) is 2.23. The molecule has 3 aromatic heterocycles. The van der Waals surface area contributed by atoms with Crippen LogP contribution in [0.25, 0.3) is 5.78 Å². The smallest absolute Gasteiger partial charge is 0.353 e. The highest BCUT2D eigenvalue weighted by atomic mass is 19.4. The molecule has 0 aliphatic carbocycles. The molecule has 1 saturated heterocycles. The Morgan fingerprint density at radius 1 is 0.756 bits per heavy atom. The summed E-state index contributed by atoms with van der Waals surface area (Å²) in [6, 6.07) is 14.6. The van der Waals surface area contributed by atoms with Crippen LogP contribution in [-0.2, 0) is 6.18 Å². The molecule has 2 N–H and O–H groups in total. The van der Waals surface area contributed by atoms with Gasteiger partial charge in [0.2, 0.25) is 17.8 Å². The van der Waals surface area contributed by atoms with Crippen LogP contribution in [0.2, 0.25) is 0 Å². The molecule has 0 unspecified atom stereocenters. The summed E-state index contributed by atoms with van der Waals surface area (Å²) < 4.78 is 41.6. The third kappa shape index (κ3) is 5.81. The van der Waals surface area contributed by atoms with E-state index in [1.165, 1.54) is 18.5 Å². The van der Waals surface area contributed by atoms with Gasteiger partial charge >= 0.3 is 6.18 Å². The topological polar surface area (TPSA) is 112 Å². The van der Waals surface area contributed by atoms with Gasteiger partial charge in [0.1, 0.15) is 12.1 Å². The molecule has 4 heterocycles. The Kier molecular flexibility index (Phi) is 6.73. The molecular formula is C27H26F3N11. The maximum Gasteiger partial charge on any atom is 0.416 e. The first-order valence-corrected chi connectivity index (χ1v) is 12.9. The number of fused-ring (bicyclic) bond motifs is 1. The van der Waals surface area contributed by atoms with E-state index in [9.17, 15) is 13.2 Å². The van der Waals surface area contributed by atoms with Crippen LogP contribution in [0, 0.1) is 13.8 Å². The van der Waals surface area contributed by atoms with Gasteiger partial charge in [-0.2, -0.15) is 42.7 Å². The van der Waals surface area contributed by atoms with Crippen LogP contribution < -0.4 is 20.4 Å².